The number of nitrogens with two attached hydrogens (primary N) is 1. The Balaban J connectivity index is 1.11. The van der Waals surface area contributed by atoms with E-state index in [9.17, 15) is 23.6 Å². The van der Waals surface area contributed by atoms with E-state index in [-0.39, 0.29) is 30.7 Å². The van der Waals surface area contributed by atoms with Crippen LogP contribution in [0.5, 0.6) is 0 Å². The Morgan fingerprint density at radius 1 is 1.00 bits per heavy atom. The van der Waals surface area contributed by atoms with E-state index in [2.05, 4.69) is 5.10 Å². The monoisotopic (exact) mass is 571 g/mol. The molecule has 10 nitrogen and oxygen atoms in total. The normalized spacial score (nSPS) is 23.1. The SMILES string of the molecule is NC(=O)Cn1cc(-c2ccc3c(c2)CCC32OC(=O)N(CC(=O)N3Cc4ccc(F)cc4CC[C@H]3C3CC3)C2=O)cn1. The zero-order valence-corrected chi connectivity index (χ0v) is 22.9. The van der Waals surface area contributed by atoms with Gasteiger partial charge in [-0.25, -0.2) is 14.1 Å². The van der Waals surface area contributed by atoms with E-state index in [1.807, 2.05) is 12.1 Å². The number of primary amides is 1. The van der Waals surface area contributed by atoms with Crippen LogP contribution in [0.4, 0.5) is 9.18 Å². The van der Waals surface area contributed by atoms with Gasteiger partial charge in [0.2, 0.25) is 17.4 Å². The van der Waals surface area contributed by atoms with Gasteiger partial charge in [-0.15, -0.1) is 0 Å². The summed E-state index contributed by atoms with van der Waals surface area (Å²) in [4.78, 5) is 54.6. The molecule has 1 aromatic heterocycles. The number of fused-ring (bicyclic) bond motifs is 3. The average Bonchev–Trinajstić information content (AvgIpc) is 3.57. The summed E-state index contributed by atoms with van der Waals surface area (Å²) < 4.78 is 21.2. The quantitative estimate of drug-likeness (QED) is 0.485. The summed E-state index contributed by atoms with van der Waals surface area (Å²) >= 11 is 0. The van der Waals surface area contributed by atoms with Gasteiger partial charge in [0.1, 0.15) is 18.9 Å². The molecule has 216 valence electrons. The molecule has 42 heavy (non-hydrogen) atoms. The highest BCUT2D eigenvalue weighted by Crippen LogP contribution is 2.46. The summed E-state index contributed by atoms with van der Waals surface area (Å²) in [6.45, 7) is -0.109. The summed E-state index contributed by atoms with van der Waals surface area (Å²) in [7, 11) is 0. The van der Waals surface area contributed by atoms with Crippen LogP contribution in [-0.4, -0.2) is 56.0 Å². The van der Waals surface area contributed by atoms with Gasteiger partial charge in [-0.2, -0.15) is 5.10 Å². The summed E-state index contributed by atoms with van der Waals surface area (Å²) in [5, 5.41) is 4.17. The maximum atomic E-state index is 13.9. The zero-order chi connectivity index (χ0) is 29.2. The fraction of sp³-hybridized carbons (Fsp3) is 0.387. The molecule has 4 aliphatic rings. The van der Waals surface area contributed by atoms with Gasteiger partial charge in [-0.1, -0.05) is 24.3 Å². The first-order chi connectivity index (χ1) is 20.2. The zero-order valence-electron chi connectivity index (χ0n) is 22.9. The van der Waals surface area contributed by atoms with Crippen LogP contribution in [-0.2, 0) is 50.7 Å². The van der Waals surface area contributed by atoms with E-state index in [4.69, 9.17) is 10.5 Å². The highest BCUT2D eigenvalue weighted by Gasteiger charge is 2.58. The van der Waals surface area contributed by atoms with Gasteiger partial charge in [0.05, 0.1) is 6.20 Å². The Labute approximate surface area is 241 Å². The molecule has 1 saturated heterocycles. The number of benzene rings is 2. The number of rotatable bonds is 6. The molecule has 1 saturated carbocycles. The maximum absolute atomic E-state index is 13.9. The van der Waals surface area contributed by atoms with Crippen molar-refractivity contribution in [1.82, 2.24) is 19.6 Å². The van der Waals surface area contributed by atoms with Gasteiger partial charge >= 0.3 is 6.09 Å². The van der Waals surface area contributed by atoms with Crippen molar-refractivity contribution in [2.45, 2.75) is 63.3 Å². The smallest absolute Gasteiger partial charge is 0.418 e. The number of aromatic nitrogens is 2. The second kappa shape index (κ2) is 9.78. The third-order valence-electron chi connectivity index (χ3n) is 9.04. The molecule has 7 rings (SSSR count). The minimum Gasteiger partial charge on any atom is -0.427 e. The highest BCUT2D eigenvalue weighted by molar-refractivity contribution is 6.06. The lowest BCUT2D eigenvalue weighted by molar-refractivity contribution is -0.143. The summed E-state index contributed by atoms with van der Waals surface area (Å²) in [5.74, 6) is -1.26. The lowest BCUT2D eigenvalue weighted by atomic mass is 9.93. The second-order valence-corrected chi connectivity index (χ2v) is 11.7. The molecule has 11 heteroatoms. The number of imide groups is 1. The molecule has 0 radical (unpaired) electrons. The van der Waals surface area contributed by atoms with E-state index in [1.54, 1.807) is 29.4 Å². The van der Waals surface area contributed by atoms with Gasteiger partial charge in [0, 0.05) is 36.3 Å². The largest absolute Gasteiger partial charge is 0.427 e. The van der Waals surface area contributed by atoms with Crippen molar-refractivity contribution in [2.24, 2.45) is 11.7 Å². The van der Waals surface area contributed by atoms with Crippen molar-refractivity contribution < 1.29 is 28.3 Å². The standard InChI is InChI=1S/C31H30FN5O5/c32-24-6-3-22-15-36(26(18-1-2-18)8-5-20(22)12-24)28(39)17-37-29(40)31(42-30(37)41)10-9-21-11-19(4-7-25(21)31)23-13-34-35(14-23)16-27(33)38/h3-4,6-7,11-14,18,26H,1-2,5,8-10,15-17H2,(H2,33,38)/t26-,31?/m0/s1. The minimum atomic E-state index is -1.46. The van der Waals surface area contributed by atoms with Crippen molar-refractivity contribution in [3.63, 3.8) is 0 Å². The lowest BCUT2D eigenvalue weighted by Gasteiger charge is -2.31. The van der Waals surface area contributed by atoms with E-state index in [1.165, 1.54) is 16.8 Å². The van der Waals surface area contributed by atoms with Gasteiger partial charge in [0.15, 0.2) is 0 Å². The number of carbonyl (C=O) groups excluding carboxylic acids is 4. The first kappa shape index (κ1) is 26.4. The highest BCUT2D eigenvalue weighted by atomic mass is 19.1. The number of ether oxygens (including phenoxy) is 1. The van der Waals surface area contributed by atoms with Crippen molar-refractivity contribution >= 4 is 23.8 Å². The molecule has 2 atom stereocenters. The van der Waals surface area contributed by atoms with Gasteiger partial charge < -0.3 is 15.4 Å². The third-order valence-corrected chi connectivity index (χ3v) is 9.04. The van der Waals surface area contributed by atoms with Crippen LogP contribution in [0, 0.1) is 11.7 Å². The number of hydrogen-bond acceptors (Lipinski definition) is 6. The molecule has 2 N–H and O–H groups in total. The van der Waals surface area contributed by atoms with E-state index >= 15 is 0 Å². The summed E-state index contributed by atoms with van der Waals surface area (Å²) in [6, 6.07) is 10.2. The fourth-order valence-electron chi connectivity index (χ4n) is 6.80. The van der Waals surface area contributed by atoms with Crippen LogP contribution >= 0.6 is 0 Å². The number of aryl methyl sites for hydroxylation is 2. The Kier molecular flexibility index (Phi) is 6.14. The van der Waals surface area contributed by atoms with Crippen LogP contribution in [0.3, 0.4) is 0 Å². The second-order valence-electron chi connectivity index (χ2n) is 11.7. The first-order valence-corrected chi connectivity index (χ1v) is 14.3. The van der Waals surface area contributed by atoms with Crippen molar-refractivity contribution in [3.8, 4) is 11.1 Å². The number of hydrogen-bond donors (Lipinski definition) is 1. The van der Waals surface area contributed by atoms with Crippen LogP contribution in [0.2, 0.25) is 0 Å². The number of carbonyl (C=O) groups is 4. The molecule has 2 fully saturated rings. The van der Waals surface area contributed by atoms with Crippen molar-refractivity contribution in [2.75, 3.05) is 6.54 Å². The van der Waals surface area contributed by atoms with E-state index in [0.717, 1.165) is 45.6 Å². The third kappa shape index (κ3) is 4.43. The van der Waals surface area contributed by atoms with Crippen LogP contribution in [0.25, 0.3) is 11.1 Å². The summed E-state index contributed by atoms with van der Waals surface area (Å²) in [6.07, 6.45) is 6.78. The van der Waals surface area contributed by atoms with Gasteiger partial charge in [0.25, 0.3) is 5.91 Å². The summed E-state index contributed by atoms with van der Waals surface area (Å²) in [5.41, 5.74) is 8.71. The molecule has 2 aromatic carbocycles. The molecule has 1 spiro atoms. The predicted molar refractivity (Wildman–Crippen MR) is 147 cm³/mol. The van der Waals surface area contributed by atoms with E-state index < -0.39 is 30.1 Å². The van der Waals surface area contributed by atoms with Crippen LogP contribution in [0.15, 0.2) is 48.8 Å². The number of amides is 4. The van der Waals surface area contributed by atoms with Crippen molar-refractivity contribution in [3.05, 3.63) is 76.9 Å². The topological polar surface area (TPSA) is 128 Å². The number of halogens is 1. The Bertz CT molecular complexity index is 1650. The molecule has 2 aliphatic carbocycles. The Morgan fingerprint density at radius 3 is 2.62 bits per heavy atom. The molecular weight excluding hydrogens is 541 g/mol. The molecule has 3 aromatic rings. The molecular formula is C31H30FN5O5. The van der Waals surface area contributed by atoms with E-state index in [0.29, 0.717) is 37.3 Å². The van der Waals surface area contributed by atoms with Crippen molar-refractivity contribution in [1.29, 1.82) is 0 Å². The average molecular weight is 572 g/mol. The maximum Gasteiger partial charge on any atom is 0.418 e. The first-order valence-electron chi connectivity index (χ1n) is 14.3. The van der Waals surface area contributed by atoms with Crippen LogP contribution < -0.4 is 5.73 Å². The predicted octanol–water partition coefficient (Wildman–Crippen LogP) is 3.05. The minimum absolute atomic E-state index is 0.0198. The molecule has 3 heterocycles. The fourth-order valence-corrected chi connectivity index (χ4v) is 6.80. The van der Waals surface area contributed by atoms with Crippen LogP contribution in [0.1, 0.15) is 47.9 Å². The number of nitrogens with zero attached hydrogens (tertiary/aromatic N) is 4. The molecule has 0 bridgehead atoms. The Morgan fingerprint density at radius 2 is 1.83 bits per heavy atom. The van der Waals surface area contributed by atoms with Gasteiger partial charge in [-0.05, 0) is 72.4 Å². The molecule has 4 amide bonds. The molecule has 1 unspecified atom stereocenters. The Hall–Kier alpha value is -4.54. The molecule has 2 aliphatic heterocycles. The lowest BCUT2D eigenvalue weighted by Crippen LogP contribution is -2.48. The van der Waals surface area contributed by atoms with Gasteiger partial charge in [-0.3, -0.25) is 19.1 Å².